The van der Waals surface area contributed by atoms with Gasteiger partial charge in [-0.3, -0.25) is 9.78 Å². The van der Waals surface area contributed by atoms with E-state index in [2.05, 4.69) is 15.2 Å². The van der Waals surface area contributed by atoms with Crippen LogP contribution in [-0.4, -0.2) is 77.6 Å². The van der Waals surface area contributed by atoms with Crippen LogP contribution in [0.3, 0.4) is 0 Å². The van der Waals surface area contributed by atoms with Crippen LogP contribution in [0.5, 0.6) is 0 Å². The van der Waals surface area contributed by atoms with Crippen molar-refractivity contribution in [2.75, 3.05) is 54.5 Å². The van der Waals surface area contributed by atoms with Gasteiger partial charge in [0, 0.05) is 50.1 Å². The number of thiazole rings is 1. The highest BCUT2D eigenvalue weighted by atomic mass is 32.1. The molecule has 3 aromatic heterocycles. The van der Waals surface area contributed by atoms with Crippen molar-refractivity contribution in [2.24, 2.45) is 0 Å². The Morgan fingerprint density at radius 2 is 2.06 bits per heavy atom. The lowest BCUT2D eigenvalue weighted by Gasteiger charge is -2.25. The lowest BCUT2D eigenvalue weighted by molar-refractivity contribution is -0.123. The minimum Gasteiger partial charge on any atom is -0.480 e. The highest BCUT2D eigenvalue weighted by Gasteiger charge is 2.30. The number of anilines is 3. The number of morpholine rings is 1. The quantitative estimate of drug-likeness (QED) is 0.537. The molecule has 1 unspecified atom stereocenters. The molecule has 3 aliphatic heterocycles. The molecule has 0 radical (unpaired) electrons. The van der Waals surface area contributed by atoms with Gasteiger partial charge in [0.25, 0.3) is 5.91 Å². The second-order valence-corrected chi connectivity index (χ2v) is 10.3. The summed E-state index contributed by atoms with van der Waals surface area (Å²) in [6.45, 7) is 5.99. The number of pyridine rings is 2. The normalized spacial score (nSPS) is 22.1. The van der Waals surface area contributed by atoms with Crippen LogP contribution in [0.25, 0.3) is 16.1 Å². The summed E-state index contributed by atoms with van der Waals surface area (Å²) in [5.41, 5.74) is 3.05. The summed E-state index contributed by atoms with van der Waals surface area (Å²) in [6.07, 6.45) is 3.77. The number of amides is 1. The number of nitrogens with one attached hydrogen (secondary N) is 1. The van der Waals surface area contributed by atoms with Gasteiger partial charge in [0.2, 0.25) is 0 Å². The van der Waals surface area contributed by atoms with Gasteiger partial charge in [0.15, 0.2) is 22.7 Å². The first-order chi connectivity index (χ1) is 17.5. The Hall–Kier alpha value is -3.28. The first kappa shape index (κ1) is 23.1. The Labute approximate surface area is 212 Å². The Balaban J connectivity index is 1.25. The summed E-state index contributed by atoms with van der Waals surface area (Å²) >= 11 is 1.56. The van der Waals surface area contributed by atoms with E-state index in [0.29, 0.717) is 62.1 Å². The predicted octanol–water partition coefficient (Wildman–Crippen LogP) is 2.57. The third kappa shape index (κ3) is 4.61. The van der Waals surface area contributed by atoms with Crippen LogP contribution in [0.1, 0.15) is 24.1 Å². The first-order valence-electron chi connectivity index (χ1n) is 12.2. The van der Waals surface area contributed by atoms with E-state index < -0.39 is 12.2 Å². The molecule has 0 bridgehead atoms. The molecule has 1 amide bonds. The monoisotopic (exact) mass is 508 g/mol. The van der Waals surface area contributed by atoms with Crippen molar-refractivity contribution in [1.82, 2.24) is 15.0 Å². The van der Waals surface area contributed by atoms with E-state index in [-0.39, 0.29) is 5.91 Å². The first-order valence-corrected chi connectivity index (χ1v) is 13.0. The zero-order chi connectivity index (χ0) is 24.6. The minimum atomic E-state index is -0.633. The highest BCUT2D eigenvalue weighted by Crippen LogP contribution is 2.36. The number of β-amino-alcohol motifs (C(OH)–C–C–N with tert-alkyl or cyclic N) is 1. The molecule has 0 saturated carbocycles. The zero-order valence-electron chi connectivity index (χ0n) is 20.0. The number of nitrogens with zero attached hydrogens (tertiary/aromatic N) is 5. The van der Waals surface area contributed by atoms with Crippen LogP contribution in [-0.2, 0) is 14.3 Å². The fourth-order valence-electron chi connectivity index (χ4n) is 4.72. The van der Waals surface area contributed by atoms with Gasteiger partial charge in [-0.1, -0.05) is 11.3 Å². The third-order valence-corrected chi connectivity index (χ3v) is 7.67. The minimum absolute atomic E-state index is 0.230. The largest absolute Gasteiger partial charge is 0.480 e. The number of ether oxygens (including phenoxy) is 2. The maximum Gasteiger partial charge on any atom is 0.265 e. The smallest absolute Gasteiger partial charge is 0.265 e. The van der Waals surface area contributed by atoms with Gasteiger partial charge < -0.3 is 29.7 Å². The van der Waals surface area contributed by atoms with Gasteiger partial charge >= 0.3 is 0 Å². The molecule has 3 aromatic rings. The molecular formula is C25H28N6O4S. The van der Waals surface area contributed by atoms with E-state index in [0.717, 1.165) is 34.2 Å². The summed E-state index contributed by atoms with van der Waals surface area (Å²) in [7, 11) is 0. The third-order valence-electron chi connectivity index (χ3n) is 6.61. The van der Waals surface area contributed by atoms with Crippen LogP contribution in [0.4, 0.5) is 16.6 Å². The second-order valence-electron chi connectivity index (χ2n) is 9.25. The molecule has 3 aliphatic rings. The molecule has 2 saturated heterocycles. The van der Waals surface area contributed by atoms with E-state index in [1.54, 1.807) is 17.5 Å². The number of carbonyl (C=O) groups excluding carboxylic acids is 1. The average molecular weight is 509 g/mol. The fraction of sp³-hybridized carbons (Fsp3) is 0.440. The Bertz CT molecular complexity index is 1320. The van der Waals surface area contributed by atoms with E-state index in [1.807, 2.05) is 36.1 Å². The number of aliphatic hydroxyl groups excluding tert-OH is 1. The van der Waals surface area contributed by atoms with Crippen molar-refractivity contribution in [3.05, 3.63) is 41.7 Å². The summed E-state index contributed by atoms with van der Waals surface area (Å²) in [4.78, 5) is 31.3. The van der Waals surface area contributed by atoms with Crippen LogP contribution < -0.4 is 15.1 Å². The number of aromatic nitrogens is 3. The molecule has 2 N–H and O–H groups in total. The Kier molecular flexibility index (Phi) is 6.20. The number of rotatable bonds is 5. The number of aliphatic hydroxyl groups is 1. The van der Waals surface area contributed by atoms with Crippen LogP contribution in [0, 0.1) is 6.92 Å². The fourth-order valence-corrected chi connectivity index (χ4v) is 5.72. The molecule has 6 rings (SSSR count). The van der Waals surface area contributed by atoms with E-state index in [4.69, 9.17) is 19.4 Å². The summed E-state index contributed by atoms with van der Waals surface area (Å²) in [6, 6.07) is 5.76. The standard InChI is InChI=1S/C25H28N6O4S/c1-15-12-16(4-6-26-15)19-2-3-20(35-19)24(33)27-18-13-21-22(28-23(18)31-7-5-17(32)14-31)29-25(36-21)30-8-10-34-11-9-30/h2,4,6,12-13,17,20,32H,3,5,7-11,14H2,1H3,(H,27,33)/t17-,20?/m0/s1. The number of hydrogen-bond acceptors (Lipinski definition) is 10. The van der Waals surface area contributed by atoms with Gasteiger partial charge in [-0.2, -0.15) is 4.98 Å². The molecule has 188 valence electrons. The van der Waals surface area contributed by atoms with Crippen LogP contribution >= 0.6 is 11.3 Å². The summed E-state index contributed by atoms with van der Waals surface area (Å²) in [5, 5.41) is 14.1. The maximum absolute atomic E-state index is 13.3. The van der Waals surface area contributed by atoms with Crippen molar-refractivity contribution in [3.8, 4) is 0 Å². The Morgan fingerprint density at radius 3 is 2.83 bits per heavy atom. The van der Waals surface area contributed by atoms with Crippen molar-refractivity contribution in [1.29, 1.82) is 0 Å². The molecule has 0 spiro atoms. The lowest BCUT2D eigenvalue weighted by Crippen LogP contribution is -2.36. The van der Waals surface area contributed by atoms with Crippen molar-refractivity contribution in [3.63, 3.8) is 0 Å². The van der Waals surface area contributed by atoms with Crippen molar-refractivity contribution >= 4 is 50.0 Å². The molecule has 0 aromatic carbocycles. The number of carbonyl (C=O) groups is 1. The molecule has 10 nitrogen and oxygen atoms in total. The lowest BCUT2D eigenvalue weighted by atomic mass is 10.2. The highest BCUT2D eigenvalue weighted by molar-refractivity contribution is 7.22. The van der Waals surface area contributed by atoms with E-state index in [1.165, 1.54) is 0 Å². The van der Waals surface area contributed by atoms with E-state index in [9.17, 15) is 9.90 Å². The number of hydrogen-bond donors (Lipinski definition) is 2. The molecule has 11 heteroatoms. The molecule has 2 atom stereocenters. The second kappa shape index (κ2) is 9.64. The zero-order valence-corrected chi connectivity index (χ0v) is 20.8. The molecule has 2 fully saturated rings. The summed E-state index contributed by atoms with van der Waals surface area (Å²) < 4.78 is 12.4. The van der Waals surface area contributed by atoms with Gasteiger partial charge in [-0.15, -0.1) is 0 Å². The Morgan fingerprint density at radius 1 is 1.19 bits per heavy atom. The van der Waals surface area contributed by atoms with Gasteiger partial charge in [-0.25, -0.2) is 4.98 Å². The molecule has 6 heterocycles. The number of fused-ring (bicyclic) bond motifs is 1. The predicted molar refractivity (Wildman–Crippen MR) is 138 cm³/mol. The molecule has 36 heavy (non-hydrogen) atoms. The molecular weight excluding hydrogens is 480 g/mol. The SMILES string of the molecule is Cc1cc(C2=CCC(C(=O)Nc3cc4sc(N5CCOCC5)nc4nc3N3CC[C@H](O)C3)O2)ccn1. The van der Waals surface area contributed by atoms with Crippen molar-refractivity contribution < 1.29 is 19.4 Å². The van der Waals surface area contributed by atoms with Gasteiger partial charge in [-0.05, 0) is 37.6 Å². The average Bonchev–Trinajstić information content (AvgIpc) is 3.63. The van der Waals surface area contributed by atoms with Crippen LogP contribution in [0.15, 0.2) is 30.5 Å². The maximum atomic E-state index is 13.3. The summed E-state index contributed by atoms with van der Waals surface area (Å²) in [5.74, 6) is 1.09. The van der Waals surface area contributed by atoms with Crippen molar-refractivity contribution in [2.45, 2.75) is 32.0 Å². The molecule has 0 aliphatic carbocycles. The van der Waals surface area contributed by atoms with Gasteiger partial charge in [0.1, 0.15) is 5.76 Å². The van der Waals surface area contributed by atoms with E-state index >= 15 is 0 Å². The number of aryl methyl sites for hydroxylation is 1. The van der Waals surface area contributed by atoms with Crippen LogP contribution in [0.2, 0.25) is 0 Å². The topological polar surface area (TPSA) is 113 Å². The van der Waals surface area contributed by atoms with Gasteiger partial charge in [0.05, 0.1) is 29.7 Å².